The van der Waals surface area contributed by atoms with Gasteiger partial charge in [-0.2, -0.15) is 0 Å². The predicted octanol–water partition coefficient (Wildman–Crippen LogP) is 8.69. The predicted molar refractivity (Wildman–Crippen MR) is 207 cm³/mol. The minimum atomic E-state index is -0.455. The number of fused-ring (bicyclic) bond motifs is 1. The standard InChI is InChI=1S/C11H14BrNO.C11H11BrO.C8H14O3.C7H8BrN.Ca.2H/c1-8(2)11(14)13-7-9-4-3-5-10(12)6-9;1-11(2)9-4-3-8(12)5-7(9)6-10(11)13;1-5(2)7(9)11-8(10)6(3)4;8-7-3-1-2-6(4-7)5-9;;;/h3-6,8H,7H2,1-2H3,(H,13,14);3-5H,6H2,1-2H3;5-6H,1-4H3;1-4H,5,9H2;;;/q;;;;+2;2*-1. The van der Waals surface area contributed by atoms with Crippen LogP contribution in [0.5, 0.6) is 0 Å². The van der Waals surface area contributed by atoms with Crippen LogP contribution in [-0.2, 0) is 48.8 Å². The first-order valence-electron chi connectivity index (χ1n) is 15.4. The van der Waals surface area contributed by atoms with Gasteiger partial charge in [-0.3, -0.25) is 19.2 Å². The molecule has 7 nitrogen and oxygen atoms in total. The van der Waals surface area contributed by atoms with Crippen LogP contribution in [0.25, 0.3) is 0 Å². The first-order chi connectivity index (χ1) is 21.9. The van der Waals surface area contributed by atoms with Gasteiger partial charge in [-0.1, -0.05) is 120 Å². The average molecular weight is 882 g/mol. The SMILES string of the molecule is CC(C)C(=O)NCc1cccc(Br)c1.CC(C)C(=O)OC(=O)C(C)C.CC1(C)C(=O)Cc2cc(Br)ccc21.NCc1cccc(Br)c1.[Ca+2].[H-].[H-]. The topological polar surface area (TPSA) is 116 Å². The number of halogens is 3. The number of nitrogens with two attached hydrogens (primary N) is 1. The molecule has 260 valence electrons. The van der Waals surface area contributed by atoms with E-state index in [1.54, 1.807) is 27.7 Å². The van der Waals surface area contributed by atoms with E-state index >= 15 is 0 Å². The molecule has 0 saturated carbocycles. The normalized spacial score (nSPS) is 12.3. The van der Waals surface area contributed by atoms with Gasteiger partial charge >= 0.3 is 49.7 Å². The minimum Gasteiger partial charge on any atom is -1.00 e. The molecule has 0 bridgehead atoms. The second kappa shape index (κ2) is 23.1. The van der Waals surface area contributed by atoms with Crippen molar-refractivity contribution in [3.8, 4) is 0 Å². The molecule has 4 rings (SSSR count). The van der Waals surface area contributed by atoms with E-state index in [1.807, 2.05) is 94.4 Å². The van der Waals surface area contributed by atoms with Crippen LogP contribution >= 0.6 is 47.8 Å². The Morgan fingerprint density at radius 2 is 1.27 bits per heavy atom. The molecule has 0 atom stereocenters. The summed E-state index contributed by atoms with van der Waals surface area (Å²) in [6, 6.07) is 22.0. The van der Waals surface area contributed by atoms with Crippen molar-refractivity contribution in [3.05, 3.63) is 102 Å². The van der Waals surface area contributed by atoms with Crippen LogP contribution in [0.2, 0.25) is 0 Å². The first kappa shape index (κ1) is 46.6. The Bertz CT molecular complexity index is 1500. The number of rotatable bonds is 6. The van der Waals surface area contributed by atoms with Gasteiger partial charge in [-0.05, 0) is 72.5 Å². The Kier molecular flexibility index (Phi) is 22.5. The third kappa shape index (κ3) is 17.0. The number of carbonyl (C=O) groups is 4. The number of nitrogens with one attached hydrogen (secondary N) is 1. The summed E-state index contributed by atoms with van der Waals surface area (Å²) in [6.07, 6.45) is 0.585. The number of ether oxygens (including phenoxy) is 1. The number of hydrogen-bond donors (Lipinski definition) is 2. The van der Waals surface area contributed by atoms with E-state index in [0.717, 1.165) is 24.5 Å². The summed E-state index contributed by atoms with van der Waals surface area (Å²) in [5.41, 5.74) is 9.73. The molecular formula is C37H49Br3CaN2O5. The molecule has 48 heavy (non-hydrogen) atoms. The van der Waals surface area contributed by atoms with Gasteiger partial charge in [0.15, 0.2) is 0 Å². The Hall–Kier alpha value is -1.40. The molecule has 11 heteroatoms. The van der Waals surface area contributed by atoms with E-state index in [1.165, 1.54) is 11.1 Å². The van der Waals surface area contributed by atoms with Crippen molar-refractivity contribution in [2.24, 2.45) is 23.5 Å². The molecule has 0 fully saturated rings. The fourth-order valence-corrected chi connectivity index (χ4v) is 5.20. The number of hydrogen-bond acceptors (Lipinski definition) is 6. The smallest absolute Gasteiger partial charge is 1.00 e. The molecular weight excluding hydrogens is 832 g/mol. The van der Waals surface area contributed by atoms with Gasteiger partial charge in [0.1, 0.15) is 5.78 Å². The molecule has 0 spiro atoms. The zero-order valence-corrected chi connectivity index (χ0v) is 36.1. The van der Waals surface area contributed by atoms with Crippen molar-refractivity contribution < 1.29 is 26.8 Å². The van der Waals surface area contributed by atoms with Gasteiger partial charge in [-0.25, -0.2) is 0 Å². The van der Waals surface area contributed by atoms with E-state index in [0.29, 0.717) is 25.3 Å². The fourth-order valence-electron chi connectivity index (χ4n) is 3.90. The number of esters is 2. The van der Waals surface area contributed by atoms with Crippen molar-refractivity contribution in [1.29, 1.82) is 0 Å². The molecule has 3 N–H and O–H groups in total. The number of carbonyl (C=O) groups excluding carboxylic acids is 4. The third-order valence-electron chi connectivity index (χ3n) is 6.94. The Labute approximate surface area is 344 Å². The van der Waals surface area contributed by atoms with Crippen LogP contribution in [0.15, 0.2) is 80.1 Å². The second-order valence-corrected chi connectivity index (χ2v) is 15.2. The molecule has 3 aromatic carbocycles. The summed E-state index contributed by atoms with van der Waals surface area (Å²) in [4.78, 5) is 44.6. The molecule has 0 unspecified atom stereocenters. The zero-order chi connectivity index (χ0) is 35.9. The van der Waals surface area contributed by atoms with Gasteiger partial charge in [-0.15, -0.1) is 0 Å². The molecule has 0 aromatic heterocycles. The largest absolute Gasteiger partial charge is 2.00 e. The minimum absolute atomic E-state index is 0. The van der Waals surface area contributed by atoms with Crippen molar-refractivity contribution in [2.45, 2.75) is 80.3 Å². The second-order valence-electron chi connectivity index (χ2n) is 12.4. The molecule has 0 radical (unpaired) electrons. The summed E-state index contributed by atoms with van der Waals surface area (Å²) in [6.45, 7) is 15.7. The maximum atomic E-state index is 11.6. The molecule has 1 aliphatic carbocycles. The van der Waals surface area contributed by atoms with Crippen LogP contribution in [-0.4, -0.2) is 61.4 Å². The van der Waals surface area contributed by atoms with Crippen LogP contribution in [0.4, 0.5) is 0 Å². The van der Waals surface area contributed by atoms with Crippen LogP contribution in [0.3, 0.4) is 0 Å². The molecule has 0 heterocycles. The maximum Gasteiger partial charge on any atom is 2.00 e. The molecule has 0 aliphatic heterocycles. The van der Waals surface area contributed by atoms with E-state index < -0.39 is 11.9 Å². The van der Waals surface area contributed by atoms with E-state index in [-0.39, 0.29) is 69.7 Å². The monoisotopic (exact) mass is 878 g/mol. The van der Waals surface area contributed by atoms with E-state index in [4.69, 9.17) is 5.73 Å². The summed E-state index contributed by atoms with van der Waals surface area (Å²) < 4.78 is 7.67. The maximum absolute atomic E-state index is 11.6. The van der Waals surface area contributed by atoms with Crippen LogP contribution in [0.1, 0.15) is 80.5 Å². The molecule has 1 aliphatic rings. The first-order valence-corrected chi connectivity index (χ1v) is 17.8. The summed E-state index contributed by atoms with van der Waals surface area (Å²) >= 11 is 10.1. The number of ketones is 1. The van der Waals surface area contributed by atoms with Crippen LogP contribution in [0, 0.1) is 17.8 Å². The third-order valence-corrected chi connectivity index (χ3v) is 8.42. The number of amides is 1. The molecule has 3 aromatic rings. The van der Waals surface area contributed by atoms with Crippen molar-refractivity contribution in [2.75, 3.05) is 0 Å². The van der Waals surface area contributed by atoms with Gasteiger partial charge in [0.05, 0.1) is 11.8 Å². The van der Waals surface area contributed by atoms with Crippen molar-refractivity contribution in [3.63, 3.8) is 0 Å². The quantitative estimate of drug-likeness (QED) is 0.146. The van der Waals surface area contributed by atoms with Crippen molar-refractivity contribution >= 4 is 109 Å². The average Bonchev–Trinajstić information content (AvgIpc) is 3.23. The van der Waals surface area contributed by atoms with Gasteiger partial charge in [0.25, 0.3) is 0 Å². The Balaban J connectivity index is -0.000000584. The summed E-state index contributed by atoms with van der Waals surface area (Å²) in [7, 11) is 0. The molecule has 0 saturated heterocycles. The Morgan fingerprint density at radius 3 is 1.71 bits per heavy atom. The summed E-state index contributed by atoms with van der Waals surface area (Å²) in [5.74, 6) is -0.935. The number of benzene rings is 3. The summed E-state index contributed by atoms with van der Waals surface area (Å²) in [5, 5.41) is 2.87. The fraction of sp³-hybridized carbons (Fsp3) is 0.405. The zero-order valence-electron chi connectivity index (χ0n) is 31.2. The van der Waals surface area contributed by atoms with Gasteiger partial charge < -0.3 is 18.6 Å². The Morgan fingerprint density at radius 1 is 0.792 bits per heavy atom. The number of Topliss-reactive ketones (excluding diaryl/α,β-unsaturated/α-hetero) is 1. The van der Waals surface area contributed by atoms with Gasteiger partial charge in [0.2, 0.25) is 5.91 Å². The molecule has 1 amide bonds. The van der Waals surface area contributed by atoms with Crippen LogP contribution < -0.4 is 11.1 Å². The van der Waals surface area contributed by atoms with E-state index in [9.17, 15) is 19.2 Å². The van der Waals surface area contributed by atoms with Gasteiger partial charge in [0, 0.05) is 44.3 Å². The van der Waals surface area contributed by atoms with E-state index in [2.05, 4.69) is 57.8 Å². The van der Waals surface area contributed by atoms with Crippen molar-refractivity contribution in [1.82, 2.24) is 5.32 Å².